The molecule has 2 aromatic rings. The van der Waals surface area contributed by atoms with Crippen LogP contribution in [0.1, 0.15) is 39.5 Å². The molecule has 0 bridgehead atoms. The number of anilines is 4. The molecule has 196 valence electrons. The fraction of sp³-hybridized carbons (Fsp3) is 0.600. The molecule has 2 atom stereocenters. The van der Waals surface area contributed by atoms with Gasteiger partial charge in [0.1, 0.15) is 0 Å². The van der Waals surface area contributed by atoms with E-state index in [0.717, 1.165) is 32.0 Å². The summed E-state index contributed by atoms with van der Waals surface area (Å²) in [4.78, 5) is 12.9. The minimum absolute atomic E-state index is 0.0450. The SMILES string of the molecule is CC1(C)CCC2CC(Nc3nc(Nc4ccc(N5CCOCC5)c(OC(F)F)c4)ncc3F)CCN21. The molecule has 3 fully saturated rings. The minimum atomic E-state index is -2.96. The number of rotatable bonds is 7. The highest BCUT2D eigenvalue weighted by Crippen LogP contribution is 2.39. The summed E-state index contributed by atoms with van der Waals surface area (Å²) in [6.45, 7) is 4.78. The molecular formula is C25H33F3N6O2. The smallest absolute Gasteiger partial charge is 0.387 e. The van der Waals surface area contributed by atoms with E-state index in [-0.39, 0.29) is 29.1 Å². The molecule has 3 aliphatic rings. The third-order valence-corrected chi connectivity index (χ3v) is 7.45. The number of ether oxygens (including phenoxy) is 2. The van der Waals surface area contributed by atoms with Crippen LogP contribution in [-0.4, -0.2) is 72.0 Å². The zero-order valence-corrected chi connectivity index (χ0v) is 20.6. The van der Waals surface area contributed by atoms with Crippen molar-refractivity contribution in [1.82, 2.24) is 14.9 Å². The number of nitrogens with zero attached hydrogens (tertiary/aromatic N) is 4. The lowest BCUT2D eigenvalue weighted by atomic mass is 9.97. The van der Waals surface area contributed by atoms with Crippen LogP contribution in [0.3, 0.4) is 0 Å². The summed E-state index contributed by atoms with van der Waals surface area (Å²) in [5, 5.41) is 6.26. The predicted molar refractivity (Wildman–Crippen MR) is 132 cm³/mol. The number of nitrogens with one attached hydrogen (secondary N) is 2. The highest BCUT2D eigenvalue weighted by molar-refractivity contribution is 5.67. The Morgan fingerprint density at radius 2 is 1.97 bits per heavy atom. The van der Waals surface area contributed by atoms with Crippen molar-refractivity contribution in [3.8, 4) is 5.75 Å². The van der Waals surface area contributed by atoms with E-state index in [2.05, 4.69) is 39.3 Å². The Morgan fingerprint density at radius 3 is 2.75 bits per heavy atom. The van der Waals surface area contributed by atoms with Crippen LogP contribution in [0.4, 0.5) is 36.3 Å². The topological polar surface area (TPSA) is 74.8 Å². The average molecular weight is 507 g/mol. The number of aromatic nitrogens is 2. The standard InChI is InChI=1S/C25H33F3N6O2/c1-25(2)7-5-18-13-17(6-8-34(18)25)30-22-19(26)15-29-24(32-22)31-16-3-4-20(21(14-16)36-23(27)28)33-9-11-35-12-10-33/h3-4,14-15,17-18,23H,5-13H2,1-2H3,(H2,29,30,31,32). The van der Waals surface area contributed by atoms with Gasteiger partial charge >= 0.3 is 6.61 Å². The van der Waals surface area contributed by atoms with Crippen LogP contribution in [-0.2, 0) is 4.74 Å². The first-order valence-electron chi connectivity index (χ1n) is 12.5. The lowest BCUT2D eigenvalue weighted by Crippen LogP contribution is -2.50. The molecule has 4 heterocycles. The van der Waals surface area contributed by atoms with E-state index in [1.54, 1.807) is 12.1 Å². The third kappa shape index (κ3) is 5.46. The fourth-order valence-electron chi connectivity index (χ4n) is 5.61. The minimum Gasteiger partial charge on any atom is -0.433 e. The molecule has 3 aliphatic heterocycles. The number of hydrogen-bond donors (Lipinski definition) is 2. The Kier molecular flexibility index (Phi) is 7.11. The maximum atomic E-state index is 14.6. The van der Waals surface area contributed by atoms with Gasteiger partial charge in [-0.15, -0.1) is 0 Å². The van der Waals surface area contributed by atoms with E-state index in [0.29, 0.717) is 43.7 Å². The second-order valence-corrected chi connectivity index (χ2v) is 10.2. The molecule has 2 N–H and O–H groups in total. The second kappa shape index (κ2) is 10.3. The van der Waals surface area contributed by atoms with Crippen LogP contribution in [0.5, 0.6) is 5.75 Å². The second-order valence-electron chi connectivity index (χ2n) is 10.2. The molecule has 0 aliphatic carbocycles. The first kappa shape index (κ1) is 24.9. The molecule has 1 aromatic heterocycles. The molecule has 0 radical (unpaired) electrons. The lowest BCUT2D eigenvalue weighted by molar-refractivity contribution is -0.0495. The number of fused-ring (bicyclic) bond motifs is 1. The lowest BCUT2D eigenvalue weighted by Gasteiger charge is -2.42. The van der Waals surface area contributed by atoms with Gasteiger partial charge in [0.15, 0.2) is 17.4 Å². The van der Waals surface area contributed by atoms with Gasteiger partial charge in [-0.25, -0.2) is 9.37 Å². The van der Waals surface area contributed by atoms with Gasteiger partial charge in [0.2, 0.25) is 5.95 Å². The molecule has 0 saturated carbocycles. The van der Waals surface area contributed by atoms with Crippen molar-refractivity contribution in [3.63, 3.8) is 0 Å². The Balaban J connectivity index is 1.29. The molecular weight excluding hydrogens is 473 g/mol. The Bertz CT molecular complexity index is 1070. The monoisotopic (exact) mass is 506 g/mol. The zero-order chi connectivity index (χ0) is 25.3. The van der Waals surface area contributed by atoms with Crippen LogP contribution < -0.4 is 20.3 Å². The summed E-state index contributed by atoms with van der Waals surface area (Å²) in [5.74, 6) is -0.180. The number of halogens is 3. The van der Waals surface area contributed by atoms with Crippen molar-refractivity contribution >= 4 is 23.1 Å². The summed E-state index contributed by atoms with van der Waals surface area (Å²) < 4.78 is 50.9. The van der Waals surface area contributed by atoms with Gasteiger partial charge in [0.05, 0.1) is 25.1 Å². The van der Waals surface area contributed by atoms with Crippen molar-refractivity contribution in [2.24, 2.45) is 0 Å². The van der Waals surface area contributed by atoms with Crippen molar-refractivity contribution in [2.75, 3.05) is 48.4 Å². The van der Waals surface area contributed by atoms with Gasteiger partial charge in [0, 0.05) is 49.0 Å². The molecule has 3 saturated heterocycles. The maximum absolute atomic E-state index is 14.6. The largest absolute Gasteiger partial charge is 0.433 e. The summed E-state index contributed by atoms with van der Waals surface area (Å²) in [5.41, 5.74) is 1.24. The molecule has 0 spiro atoms. The van der Waals surface area contributed by atoms with Crippen molar-refractivity contribution in [2.45, 2.75) is 63.8 Å². The third-order valence-electron chi connectivity index (χ3n) is 7.45. The molecule has 2 unspecified atom stereocenters. The average Bonchev–Trinajstić information content (AvgIpc) is 3.15. The van der Waals surface area contributed by atoms with E-state index in [4.69, 9.17) is 9.47 Å². The first-order chi connectivity index (χ1) is 17.3. The van der Waals surface area contributed by atoms with E-state index in [1.165, 1.54) is 12.5 Å². The highest BCUT2D eigenvalue weighted by Gasteiger charge is 2.42. The van der Waals surface area contributed by atoms with Crippen molar-refractivity contribution < 1.29 is 22.6 Å². The van der Waals surface area contributed by atoms with Gasteiger partial charge < -0.3 is 25.0 Å². The first-order valence-corrected chi connectivity index (χ1v) is 12.5. The van der Waals surface area contributed by atoms with Crippen LogP contribution >= 0.6 is 0 Å². The molecule has 11 heteroatoms. The maximum Gasteiger partial charge on any atom is 0.387 e. The van der Waals surface area contributed by atoms with Crippen LogP contribution in [0.25, 0.3) is 0 Å². The fourth-order valence-corrected chi connectivity index (χ4v) is 5.61. The Labute approximate surface area is 209 Å². The predicted octanol–water partition coefficient (Wildman–Crippen LogP) is 4.61. The zero-order valence-electron chi connectivity index (χ0n) is 20.6. The Hall–Kier alpha value is -2.79. The van der Waals surface area contributed by atoms with Gasteiger partial charge in [-0.1, -0.05) is 0 Å². The summed E-state index contributed by atoms with van der Waals surface area (Å²) in [6, 6.07) is 5.54. The summed E-state index contributed by atoms with van der Waals surface area (Å²) >= 11 is 0. The van der Waals surface area contributed by atoms with Gasteiger partial charge in [0.25, 0.3) is 0 Å². The summed E-state index contributed by atoms with van der Waals surface area (Å²) in [6.07, 6.45) is 5.27. The van der Waals surface area contributed by atoms with E-state index < -0.39 is 12.4 Å². The van der Waals surface area contributed by atoms with E-state index in [9.17, 15) is 13.2 Å². The molecule has 1 aromatic carbocycles. The van der Waals surface area contributed by atoms with Gasteiger partial charge in [-0.05, 0) is 51.7 Å². The van der Waals surface area contributed by atoms with Crippen molar-refractivity contribution in [1.29, 1.82) is 0 Å². The van der Waals surface area contributed by atoms with Gasteiger partial charge in [-0.2, -0.15) is 13.8 Å². The molecule has 8 nitrogen and oxygen atoms in total. The molecule has 36 heavy (non-hydrogen) atoms. The number of piperidine rings is 1. The van der Waals surface area contributed by atoms with E-state index >= 15 is 0 Å². The number of hydrogen-bond acceptors (Lipinski definition) is 8. The molecule has 0 amide bonds. The number of benzene rings is 1. The number of morpholine rings is 1. The normalized spacial score (nSPS) is 24.0. The molecule has 5 rings (SSSR count). The van der Waals surface area contributed by atoms with E-state index in [1.807, 2.05) is 4.90 Å². The Morgan fingerprint density at radius 1 is 1.17 bits per heavy atom. The van der Waals surface area contributed by atoms with Crippen LogP contribution in [0.2, 0.25) is 0 Å². The van der Waals surface area contributed by atoms with Gasteiger partial charge in [-0.3, -0.25) is 4.90 Å². The number of alkyl halides is 2. The quantitative estimate of drug-likeness (QED) is 0.564. The van der Waals surface area contributed by atoms with Crippen LogP contribution in [0, 0.1) is 5.82 Å². The van der Waals surface area contributed by atoms with Crippen LogP contribution in [0.15, 0.2) is 24.4 Å². The highest BCUT2D eigenvalue weighted by atomic mass is 19.3. The summed E-state index contributed by atoms with van der Waals surface area (Å²) in [7, 11) is 0. The van der Waals surface area contributed by atoms with Crippen molar-refractivity contribution in [3.05, 3.63) is 30.2 Å².